The summed E-state index contributed by atoms with van der Waals surface area (Å²) in [5, 5.41) is 0. The van der Waals surface area contributed by atoms with E-state index in [9.17, 15) is 9.18 Å². The van der Waals surface area contributed by atoms with E-state index in [1.807, 2.05) is 7.05 Å². The quantitative estimate of drug-likeness (QED) is 0.677. The Balaban J connectivity index is 2.20. The number of unbranched alkanes of at least 4 members (excludes halogenated alkanes) is 1. The summed E-state index contributed by atoms with van der Waals surface area (Å²) >= 11 is 0. The highest BCUT2D eigenvalue weighted by atomic mass is 19.1. The normalized spacial score (nSPS) is 10.3. The molecule has 1 aromatic rings. The monoisotopic (exact) mass is 267 g/mol. The van der Waals surface area contributed by atoms with Crippen LogP contribution < -0.4 is 4.74 Å². The van der Waals surface area contributed by atoms with Gasteiger partial charge in [0.25, 0.3) is 0 Å². The van der Waals surface area contributed by atoms with Gasteiger partial charge in [0.2, 0.25) is 5.91 Å². The van der Waals surface area contributed by atoms with Crippen LogP contribution in [-0.4, -0.2) is 31.0 Å². The lowest BCUT2D eigenvalue weighted by molar-refractivity contribution is -0.130. The van der Waals surface area contributed by atoms with E-state index in [1.165, 1.54) is 6.07 Å². The van der Waals surface area contributed by atoms with Crippen LogP contribution in [0, 0.1) is 5.82 Å². The average molecular weight is 267 g/mol. The zero-order valence-electron chi connectivity index (χ0n) is 11.7. The number of rotatable bonds is 8. The maximum atomic E-state index is 13.2. The van der Waals surface area contributed by atoms with Crippen LogP contribution in [0.3, 0.4) is 0 Å². The molecule has 0 unspecified atom stereocenters. The fraction of sp³-hybridized carbons (Fsp3) is 0.533. The van der Waals surface area contributed by atoms with Crippen molar-refractivity contribution < 1.29 is 13.9 Å². The summed E-state index contributed by atoms with van der Waals surface area (Å²) in [5.41, 5.74) is 0. The van der Waals surface area contributed by atoms with Gasteiger partial charge >= 0.3 is 0 Å². The third kappa shape index (κ3) is 5.73. The zero-order valence-corrected chi connectivity index (χ0v) is 11.7. The van der Waals surface area contributed by atoms with Gasteiger partial charge in [-0.25, -0.2) is 4.39 Å². The van der Waals surface area contributed by atoms with E-state index in [-0.39, 0.29) is 17.5 Å². The standard InChI is InChI=1S/C15H22FNO2/c1-3-4-11-17(2)15(18)10-7-12-19-14-9-6-5-8-13(14)16/h5-6,8-9H,3-4,7,10-12H2,1-2H3. The van der Waals surface area contributed by atoms with Crippen LogP contribution in [0.4, 0.5) is 4.39 Å². The van der Waals surface area contributed by atoms with Crippen LogP contribution in [0.1, 0.15) is 32.6 Å². The number of amides is 1. The Hall–Kier alpha value is -1.58. The van der Waals surface area contributed by atoms with Gasteiger partial charge in [-0.15, -0.1) is 0 Å². The molecule has 0 spiro atoms. The first kappa shape index (κ1) is 15.5. The molecule has 0 saturated carbocycles. The number of para-hydroxylation sites is 1. The fourth-order valence-electron chi connectivity index (χ4n) is 1.68. The van der Waals surface area contributed by atoms with Crippen LogP contribution in [0.2, 0.25) is 0 Å². The number of benzene rings is 1. The smallest absolute Gasteiger partial charge is 0.222 e. The number of carbonyl (C=O) groups is 1. The molecule has 4 heteroatoms. The number of halogens is 1. The molecule has 3 nitrogen and oxygen atoms in total. The molecular formula is C15H22FNO2. The average Bonchev–Trinajstić information content (AvgIpc) is 2.42. The van der Waals surface area contributed by atoms with Crippen LogP contribution in [0.5, 0.6) is 5.75 Å². The molecule has 1 rings (SSSR count). The first-order valence-electron chi connectivity index (χ1n) is 6.76. The minimum atomic E-state index is -0.367. The minimum Gasteiger partial charge on any atom is -0.491 e. The first-order chi connectivity index (χ1) is 9.15. The lowest BCUT2D eigenvalue weighted by atomic mass is 10.2. The highest BCUT2D eigenvalue weighted by molar-refractivity contribution is 5.75. The van der Waals surface area contributed by atoms with Gasteiger partial charge in [0.15, 0.2) is 11.6 Å². The van der Waals surface area contributed by atoms with Crippen molar-refractivity contribution in [3.05, 3.63) is 30.1 Å². The maximum absolute atomic E-state index is 13.2. The summed E-state index contributed by atoms with van der Waals surface area (Å²) in [6.07, 6.45) is 3.14. The van der Waals surface area contributed by atoms with Gasteiger partial charge in [0, 0.05) is 20.0 Å². The molecule has 0 bridgehead atoms. The van der Waals surface area contributed by atoms with E-state index in [0.29, 0.717) is 19.4 Å². The number of hydrogen-bond acceptors (Lipinski definition) is 2. The predicted octanol–water partition coefficient (Wildman–Crippen LogP) is 3.24. The van der Waals surface area contributed by atoms with Crippen molar-refractivity contribution >= 4 is 5.91 Å². The fourth-order valence-corrected chi connectivity index (χ4v) is 1.68. The Morgan fingerprint density at radius 3 is 2.74 bits per heavy atom. The van der Waals surface area contributed by atoms with Crippen LogP contribution in [0.25, 0.3) is 0 Å². The molecule has 19 heavy (non-hydrogen) atoms. The molecule has 0 atom stereocenters. The molecule has 1 amide bonds. The van der Waals surface area contributed by atoms with Crippen molar-refractivity contribution in [1.29, 1.82) is 0 Å². The SMILES string of the molecule is CCCCN(C)C(=O)CCCOc1ccccc1F. The Kier molecular flexibility index (Phi) is 6.93. The third-order valence-corrected chi connectivity index (χ3v) is 2.90. The second-order valence-electron chi connectivity index (χ2n) is 4.55. The van der Waals surface area contributed by atoms with Gasteiger partial charge in [0.1, 0.15) is 0 Å². The number of hydrogen-bond donors (Lipinski definition) is 0. The maximum Gasteiger partial charge on any atom is 0.222 e. The summed E-state index contributed by atoms with van der Waals surface area (Å²) in [6, 6.07) is 6.29. The van der Waals surface area contributed by atoms with Gasteiger partial charge in [-0.3, -0.25) is 4.79 Å². The molecule has 0 N–H and O–H groups in total. The Labute approximate surface area is 114 Å². The zero-order chi connectivity index (χ0) is 14.1. The topological polar surface area (TPSA) is 29.5 Å². The first-order valence-corrected chi connectivity index (χ1v) is 6.76. The molecule has 0 saturated heterocycles. The van der Waals surface area contributed by atoms with E-state index < -0.39 is 0 Å². The molecule has 0 heterocycles. The lowest BCUT2D eigenvalue weighted by Crippen LogP contribution is -2.27. The molecule has 0 aliphatic carbocycles. The van der Waals surface area contributed by atoms with E-state index in [2.05, 4.69) is 6.92 Å². The number of nitrogens with zero attached hydrogens (tertiary/aromatic N) is 1. The molecular weight excluding hydrogens is 245 g/mol. The summed E-state index contributed by atoms with van der Waals surface area (Å²) < 4.78 is 18.5. The highest BCUT2D eigenvalue weighted by Gasteiger charge is 2.08. The minimum absolute atomic E-state index is 0.116. The Bertz CT molecular complexity index is 395. The van der Waals surface area contributed by atoms with Gasteiger partial charge in [0.05, 0.1) is 6.61 Å². The number of carbonyl (C=O) groups excluding carboxylic acids is 1. The summed E-state index contributed by atoms with van der Waals surface area (Å²) in [7, 11) is 1.82. The second-order valence-corrected chi connectivity index (χ2v) is 4.55. The van der Waals surface area contributed by atoms with Gasteiger partial charge < -0.3 is 9.64 Å². The van der Waals surface area contributed by atoms with Crippen molar-refractivity contribution in [3.63, 3.8) is 0 Å². The third-order valence-electron chi connectivity index (χ3n) is 2.90. The Morgan fingerprint density at radius 2 is 2.05 bits per heavy atom. The van der Waals surface area contributed by atoms with Crippen molar-refractivity contribution in [3.8, 4) is 5.75 Å². The van der Waals surface area contributed by atoms with Crippen LogP contribution in [-0.2, 0) is 4.79 Å². The van der Waals surface area contributed by atoms with Crippen LogP contribution in [0.15, 0.2) is 24.3 Å². The van der Waals surface area contributed by atoms with Crippen LogP contribution >= 0.6 is 0 Å². The van der Waals surface area contributed by atoms with Gasteiger partial charge in [-0.2, -0.15) is 0 Å². The van der Waals surface area contributed by atoms with Crippen molar-refractivity contribution in [2.75, 3.05) is 20.2 Å². The van der Waals surface area contributed by atoms with Crippen molar-refractivity contribution in [1.82, 2.24) is 4.90 Å². The molecule has 0 fully saturated rings. The van der Waals surface area contributed by atoms with Gasteiger partial charge in [-0.05, 0) is 25.0 Å². The molecule has 1 aromatic carbocycles. The van der Waals surface area contributed by atoms with E-state index in [4.69, 9.17) is 4.74 Å². The molecule has 0 aliphatic heterocycles. The largest absolute Gasteiger partial charge is 0.491 e. The predicted molar refractivity (Wildman–Crippen MR) is 73.7 cm³/mol. The number of ether oxygens (including phenoxy) is 1. The van der Waals surface area contributed by atoms with E-state index in [1.54, 1.807) is 23.1 Å². The summed E-state index contributed by atoms with van der Waals surface area (Å²) in [6.45, 7) is 3.25. The summed E-state index contributed by atoms with van der Waals surface area (Å²) in [4.78, 5) is 13.5. The second kappa shape index (κ2) is 8.51. The molecule has 0 aromatic heterocycles. The van der Waals surface area contributed by atoms with E-state index in [0.717, 1.165) is 19.4 Å². The molecule has 0 aliphatic rings. The lowest BCUT2D eigenvalue weighted by Gasteiger charge is -2.16. The Morgan fingerprint density at radius 1 is 1.32 bits per heavy atom. The highest BCUT2D eigenvalue weighted by Crippen LogP contribution is 2.15. The van der Waals surface area contributed by atoms with Crippen molar-refractivity contribution in [2.45, 2.75) is 32.6 Å². The van der Waals surface area contributed by atoms with Gasteiger partial charge in [-0.1, -0.05) is 25.5 Å². The van der Waals surface area contributed by atoms with Crippen molar-refractivity contribution in [2.24, 2.45) is 0 Å². The molecule has 0 radical (unpaired) electrons. The molecule has 106 valence electrons. The van der Waals surface area contributed by atoms with E-state index >= 15 is 0 Å². The summed E-state index contributed by atoms with van der Waals surface area (Å²) in [5.74, 6) is -0.00578.